The first-order valence-electron chi connectivity index (χ1n) is 5.75. The van der Waals surface area contributed by atoms with Crippen molar-refractivity contribution in [1.29, 1.82) is 0 Å². The second kappa shape index (κ2) is 5.51. The Morgan fingerprint density at radius 3 is 2.61 bits per heavy atom. The molecule has 3 heteroatoms. The van der Waals surface area contributed by atoms with Crippen molar-refractivity contribution >= 4 is 11.6 Å². The van der Waals surface area contributed by atoms with Crippen LogP contribution in [0.4, 0.5) is 4.39 Å². The van der Waals surface area contributed by atoms with Crippen LogP contribution in [0.1, 0.15) is 22.8 Å². The summed E-state index contributed by atoms with van der Waals surface area (Å²) in [5, 5.41) is 10.7. The highest BCUT2D eigenvalue weighted by molar-refractivity contribution is 6.31. The summed E-state index contributed by atoms with van der Waals surface area (Å²) in [5.74, 6) is -0.300. The maximum Gasteiger partial charge on any atom is 0.126 e. The predicted octanol–water partition coefficient (Wildman–Crippen LogP) is 4.06. The van der Waals surface area contributed by atoms with Gasteiger partial charge >= 0.3 is 0 Å². The van der Waals surface area contributed by atoms with E-state index in [0.717, 1.165) is 5.56 Å². The Hall–Kier alpha value is -1.38. The smallest absolute Gasteiger partial charge is 0.126 e. The third-order valence-corrected chi connectivity index (χ3v) is 3.32. The van der Waals surface area contributed by atoms with E-state index in [1.807, 2.05) is 18.2 Å². The molecule has 2 aromatic rings. The number of aliphatic hydroxyl groups excluding tert-OH is 1. The molecule has 0 saturated heterocycles. The lowest BCUT2D eigenvalue weighted by atomic mass is 10.0. The molecule has 0 amide bonds. The van der Waals surface area contributed by atoms with Crippen molar-refractivity contribution in [1.82, 2.24) is 0 Å². The van der Waals surface area contributed by atoms with Gasteiger partial charge in [0.15, 0.2) is 0 Å². The molecule has 0 bridgehead atoms. The van der Waals surface area contributed by atoms with Gasteiger partial charge in [-0.05, 0) is 35.7 Å². The van der Waals surface area contributed by atoms with Gasteiger partial charge in [0.25, 0.3) is 0 Å². The number of rotatable bonds is 3. The fraction of sp³-hybridized carbons (Fsp3) is 0.200. The topological polar surface area (TPSA) is 20.2 Å². The van der Waals surface area contributed by atoms with Crippen LogP contribution >= 0.6 is 11.6 Å². The summed E-state index contributed by atoms with van der Waals surface area (Å²) in [6.07, 6.45) is -0.373. The van der Waals surface area contributed by atoms with Gasteiger partial charge in [-0.3, -0.25) is 0 Å². The number of hydrogen-bond donors (Lipinski definition) is 1. The molecule has 18 heavy (non-hydrogen) atoms. The third kappa shape index (κ3) is 2.89. The fourth-order valence-corrected chi connectivity index (χ4v) is 2.02. The summed E-state index contributed by atoms with van der Waals surface area (Å²) in [5.41, 5.74) is 1.99. The molecule has 2 rings (SSSR count). The summed E-state index contributed by atoms with van der Waals surface area (Å²) >= 11 is 6.03. The van der Waals surface area contributed by atoms with Crippen molar-refractivity contribution in [2.24, 2.45) is 0 Å². The molecular weight excluding hydrogens is 251 g/mol. The molecule has 0 radical (unpaired) electrons. The third-order valence-electron chi connectivity index (χ3n) is 2.95. The first-order chi connectivity index (χ1) is 8.58. The molecule has 1 atom stereocenters. The summed E-state index contributed by atoms with van der Waals surface area (Å²) in [7, 11) is 0. The second-order valence-electron chi connectivity index (χ2n) is 4.32. The maximum atomic E-state index is 13.4. The van der Waals surface area contributed by atoms with Crippen molar-refractivity contribution in [2.45, 2.75) is 19.4 Å². The van der Waals surface area contributed by atoms with E-state index in [2.05, 4.69) is 0 Å². The van der Waals surface area contributed by atoms with Gasteiger partial charge in [-0.2, -0.15) is 0 Å². The molecule has 0 aromatic heterocycles. The van der Waals surface area contributed by atoms with E-state index in [9.17, 15) is 9.50 Å². The maximum absolute atomic E-state index is 13.4. The zero-order valence-electron chi connectivity index (χ0n) is 10.0. The molecule has 1 unspecified atom stereocenters. The second-order valence-corrected chi connectivity index (χ2v) is 4.73. The molecule has 94 valence electrons. The van der Waals surface area contributed by atoms with Crippen molar-refractivity contribution in [2.75, 3.05) is 0 Å². The highest BCUT2D eigenvalue weighted by Gasteiger charge is 2.12. The van der Waals surface area contributed by atoms with Gasteiger partial charge in [-0.25, -0.2) is 4.39 Å². The first kappa shape index (κ1) is 13.1. The van der Waals surface area contributed by atoms with Crippen molar-refractivity contribution < 1.29 is 9.50 Å². The molecule has 1 nitrogen and oxygen atoms in total. The van der Waals surface area contributed by atoms with Crippen LogP contribution < -0.4 is 0 Å². The molecule has 0 aliphatic rings. The molecule has 0 aliphatic carbocycles. The summed E-state index contributed by atoms with van der Waals surface area (Å²) in [4.78, 5) is 0. The zero-order chi connectivity index (χ0) is 13.1. The molecule has 0 fully saturated rings. The van der Waals surface area contributed by atoms with Crippen LogP contribution in [0.2, 0.25) is 5.02 Å². The Labute approximate surface area is 111 Å². The molecule has 0 saturated carbocycles. The molecule has 0 heterocycles. The predicted molar refractivity (Wildman–Crippen MR) is 71.3 cm³/mol. The van der Waals surface area contributed by atoms with E-state index in [-0.39, 0.29) is 5.82 Å². The number of aliphatic hydroxyl groups is 1. The van der Waals surface area contributed by atoms with E-state index in [1.165, 1.54) is 6.07 Å². The zero-order valence-corrected chi connectivity index (χ0v) is 10.8. The summed E-state index contributed by atoms with van der Waals surface area (Å²) in [6.45, 7) is 1.69. The van der Waals surface area contributed by atoms with Crippen LogP contribution in [0.5, 0.6) is 0 Å². The normalized spacial score (nSPS) is 12.4. The average molecular weight is 265 g/mol. The van der Waals surface area contributed by atoms with Crippen LogP contribution in [0, 0.1) is 12.7 Å². The average Bonchev–Trinajstić information content (AvgIpc) is 2.35. The standard InChI is InChI=1S/C15H14ClFO/c1-10-6-7-12(8-14(10)17)15(18)9-11-4-2-3-5-13(11)16/h2-8,15,18H,9H2,1H3. The highest BCUT2D eigenvalue weighted by Crippen LogP contribution is 2.24. The van der Waals surface area contributed by atoms with Crippen LogP contribution in [0.15, 0.2) is 42.5 Å². The number of hydrogen-bond acceptors (Lipinski definition) is 1. The van der Waals surface area contributed by atoms with E-state index >= 15 is 0 Å². The Kier molecular flexibility index (Phi) is 4.00. The van der Waals surface area contributed by atoms with Crippen LogP contribution in [-0.4, -0.2) is 5.11 Å². The van der Waals surface area contributed by atoms with Gasteiger partial charge in [0.1, 0.15) is 5.82 Å². The quantitative estimate of drug-likeness (QED) is 0.886. The molecule has 0 spiro atoms. The number of halogens is 2. The lowest BCUT2D eigenvalue weighted by Crippen LogP contribution is -2.03. The van der Waals surface area contributed by atoms with Crippen LogP contribution in [-0.2, 0) is 6.42 Å². The van der Waals surface area contributed by atoms with Gasteiger partial charge in [0.05, 0.1) is 6.10 Å². The Morgan fingerprint density at radius 1 is 1.22 bits per heavy atom. The summed E-state index contributed by atoms with van der Waals surface area (Å²) in [6, 6.07) is 12.1. The van der Waals surface area contributed by atoms with Gasteiger partial charge in [0.2, 0.25) is 0 Å². The van der Waals surface area contributed by atoms with Crippen molar-refractivity contribution in [3.05, 3.63) is 70.0 Å². The van der Waals surface area contributed by atoms with E-state index < -0.39 is 6.10 Å². The highest BCUT2D eigenvalue weighted by atomic mass is 35.5. The van der Waals surface area contributed by atoms with E-state index in [0.29, 0.717) is 22.6 Å². The lowest BCUT2D eigenvalue weighted by molar-refractivity contribution is 0.178. The monoisotopic (exact) mass is 264 g/mol. The molecule has 0 aliphatic heterocycles. The van der Waals surface area contributed by atoms with Gasteiger partial charge in [-0.1, -0.05) is 41.9 Å². The SMILES string of the molecule is Cc1ccc(C(O)Cc2ccccc2Cl)cc1F. The fourth-order valence-electron chi connectivity index (χ4n) is 1.81. The minimum Gasteiger partial charge on any atom is -0.388 e. The van der Waals surface area contributed by atoms with Gasteiger partial charge in [0, 0.05) is 11.4 Å². The Morgan fingerprint density at radius 2 is 1.94 bits per heavy atom. The summed E-state index contributed by atoms with van der Waals surface area (Å²) < 4.78 is 13.4. The Bertz CT molecular complexity index is 554. The van der Waals surface area contributed by atoms with Crippen LogP contribution in [0.3, 0.4) is 0 Å². The number of aryl methyl sites for hydroxylation is 1. The van der Waals surface area contributed by atoms with E-state index in [4.69, 9.17) is 11.6 Å². The molecular formula is C15H14ClFO. The first-order valence-corrected chi connectivity index (χ1v) is 6.13. The van der Waals surface area contributed by atoms with Crippen molar-refractivity contribution in [3.8, 4) is 0 Å². The molecule has 2 aromatic carbocycles. The van der Waals surface area contributed by atoms with Crippen molar-refractivity contribution in [3.63, 3.8) is 0 Å². The van der Waals surface area contributed by atoms with Gasteiger partial charge in [-0.15, -0.1) is 0 Å². The Balaban J connectivity index is 2.19. The lowest BCUT2D eigenvalue weighted by Gasteiger charge is -2.12. The number of benzene rings is 2. The molecule has 1 N–H and O–H groups in total. The minimum atomic E-state index is -0.750. The van der Waals surface area contributed by atoms with Gasteiger partial charge < -0.3 is 5.11 Å². The van der Waals surface area contributed by atoms with Crippen LogP contribution in [0.25, 0.3) is 0 Å². The minimum absolute atomic E-state index is 0.300. The van der Waals surface area contributed by atoms with E-state index in [1.54, 1.807) is 25.1 Å². The largest absolute Gasteiger partial charge is 0.388 e.